The number of rotatable bonds is 4. The molecule has 0 spiro atoms. The van der Waals surface area contributed by atoms with Crippen LogP contribution in [-0.2, 0) is 4.79 Å². The SMILES string of the molecule is NC1CCC(C(=O)NCC2(CO)CCCC2)C1. The fraction of sp³-hybridized carbons (Fsp3) is 0.923. The first-order chi connectivity index (χ1) is 8.15. The molecule has 4 N–H and O–H groups in total. The molecule has 98 valence electrons. The van der Waals surface area contributed by atoms with E-state index in [4.69, 9.17) is 5.73 Å². The topological polar surface area (TPSA) is 75.4 Å². The Labute approximate surface area is 103 Å². The molecule has 2 saturated carbocycles. The number of aliphatic hydroxyl groups excluding tert-OH is 1. The maximum atomic E-state index is 12.0. The van der Waals surface area contributed by atoms with Gasteiger partial charge in [-0.25, -0.2) is 0 Å². The summed E-state index contributed by atoms with van der Waals surface area (Å²) in [5, 5.41) is 12.5. The van der Waals surface area contributed by atoms with Crippen molar-refractivity contribution in [3.63, 3.8) is 0 Å². The van der Waals surface area contributed by atoms with Gasteiger partial charge in [-0.3, -0.25) is 4.79 Å². The van der Waals surface area contributed by atoms with E-state index in [9.17, 15) is 9.90 Å². The Bertz CT molecular complexity index is 275. The highest BCUT2D eigenvalue weighted by molar-refractivity contribution is 5.79. The Balaban J connectivity index is 1.79. The van der Waals surface area contributed by atoms with Gasteiger partial charge in [0.15, 0.2) is 0 Å². The third-order valence-corrected chi connectivity index (χ3v) is 4.48. The molecule has 0 aromatic heterocycles. The molecule has 2 atom stereocenters. The average molecular weight is 240 g/mol. The molecular formula is C13H24N2O2. The first-order valence-electron chi connectivity index (χ1n) is 6.79. The Morgan fingerprint density at radius 1 is 1.35 bits per heavy atom. The molecule has 2 fully saturated rings. The largest absolute Gasteiger partial charge is 0.396 e. The van der Waals surface area contributed by atoms with Crippen molar-refractivity contribution in [2.45, 2.75) is 51.0 Å². The molecule has 2 aliphatic carbocycles. The Morgan fingerprint density at radius 3 is 2.59 bits per heavy atom. The fourth-order valence-corrected chi connectivity index (χ4v) is 3.19. The summed E-state index contributed by atoms with van der Waals surface area (Å²) in [6.07, 6.45) is 7.11. The number of nitrogens with two attached hydrogens (primary N) is 1. The highest BCUT2D eigenvalue weighted by Crippen LogP contribution is 2.37. The number of nitrogens with one attached hydrogen (secondary N) is 1. The molecule has 0 heterocycles. The second-order valence-electron chi connectivity index (χ2n) is 5.85. The van der Waals surface area contributed by atoms with Crippen molar-refractivity contribution in [2.24, 2.45) is 17.1 Å². The van der Waals surface area contributed by atoms with Crippen LogP contribution in [0.15, 0.2) is 0 Å². The summed E-state index contributed by atoms with van der Waals surface area (Å²) < 4.78 is 0. The summed E-state index contributed by atoms with van der Waals surface area (Å²) >= 11 is 0. The minimum Gasteiger partial charge on any atom is -0.396 e. The summed E-state index contributed by atoms with van der Waals surface area (Å²) in [5.74, 6) is 0.236. The monoisotopic (exact) mass is 240 g/mol. The minimum absolute atomic E-state index is 0.0453. The zero-order valence-corrected chi connectivity index (χ0v) is 10.5. The van der Waals surface area contributed by atoms with Crippen LogP contribution in [0.3, 0.4) is 0 Å². The lowest BCUT2D eigenvalue weighted by atomic mass is 9.87. The van der Waals surface area contributed by atoms with E-state index >= 15 is 0 Å². The van der Waals surface area contributed by atoms with Crippen molar-refractivity contribution in [1.82, 2.24) is 5.32 Å². The van der Waals surface area contributed by atoms with Gasteiger partial charge < -0.3 is 16.2 Å². The van der Waals surface area contributed by atoms with Gasteiger partial charge in [-0.15, -0.1) is 0 Å². The van der Waals surface area contributed by atoms with Crippen molar-refractivity contribution in [2.75, 3.05) is 13.2 Å². The number of hydrogen-bond donors (Lipinski definition) is 3. The molecule has 0 aliphatic heterocycles. The first kappa shape index (κ1) is 12.8. The Hall–Kier alpha value is -0.610. The molecule has 0 radical (unpaired) electrons. The number of hydrogen-bond acceptors (Lipinski definition) is 3. The molecule has 0 bridgehead atoms. The normalized spacial score (nSPS) is 31.6. The van der Waals surface area contributed by atoms with E-state index in [0.717, 1.165) is 32.1 Å². The van der Waals surface area contributed by atoms with Gasteiger partial charge in [0.05, 0.1) is 6.61 Å². The van der Waals surface area contributed by atoms with Gasteiger partial charge in [0, 0.05) is 23.9 Å². The smallest absolute Gasteiger partial charge is 0.223 e. The molecule has 0 aromatic rings. The van der Waals surface area contributed by atoms with Gasteiger partial charge in [-0.1, -0.05) is 12.8 Å². The van der Waals surface area contributed by atoms with Crippen LogP contribution in [0.2, 0.25) is 0 Å². The van der Waals surface area contributed by atoms with E-state index in [0.29, 0.717) is 6.54 Å². The van der Waals surface area contributed by atoms with Gasteiger partial charge in [0.2, 0.25) is 5.91 Å². The highest BCUT2D eigenvalue weighted by Gasteiger charge is 2.35. The lowest BCUT2D eigenvalue weighted by molar-refractivity contribution is -0.125. The minimum atomic E-state index is -0.0453. The molecule has 0 saturated heterocycles. The summed E-state index contributed by atoms with van der Waals surface area (Å²) in [6, 6.07) is 0.198. The molecule has 2 aliphatic rings. The van der Waals surface area contributed by atoms with Crippen molar-refractivity contribution in [3.8, 4) is 0 Å². The first-order valence-corrected chi connectivity index (χ1v) is 6.79. The highest BCUT2D eigenvalue weighted by atomic mass is 16.3. The predicted molar refractivity (Wildman–Crippen MR) is 66.3 cm³/mol. The van der Waals surface area contributed by atoms with Crippen LogP contribution in [0.5, 0.6) is 0 Å². The number of carbonyl (C=O) groups excluding carboxylic acids is 1. The number of amides is 1. The Morgan fingerprint density at radius 2 is 2.06 bits per heavy atom. The van der Waals surface area contributed by atoms with Crippen molar-refractivity contribution < 1.29 is 9.90 Å². The number of aliphatic hydroxyl groups is 1. The second-order valence-corrected chi connectivity index (χ2v) is 5.85. The van der Waals surface area contributed by atoms with Crippen molar-refractivity contribution >= 4 is 5.91 Å². The molecule has 0 aromatic carbocycles. The lowest BCUT2D eigenvalue weighted by Gasteiger charge is -2.27. The Kier molecular flexibility index (Phi) is 4.05. The van der Waals surface area contributed by atoms with Crippen LogP contribution >= 0.6 is 0 Å². The summed E-state index contributed by atoms with van der Waals surface area (Å²) in [7, 11) is 0. The van der Waals surface area contributed by atoms with Crippen molar-refractivity contribution in [3.05, 3.63) is 0 Å². The van der Waals surface area contributed by atoms with Crippen LogP contribution < -0.4 is 11.1 Å². The van der Waals surface area contributed by atoms with Gasteiger partial charge in [0.25, 0.3) is 0 Å². The van der Waals surface area contributed by atoms with E-state index in [1.807, 2.05) is 0 Å². The second kappa shape index (κ2) is 5.36. The van der Waals surface area contributed by atoms with E-state index in [2.05, 4.69) is 5.32 Å². The maximum Gasteiger partial charge on any atom is 0.223 e. The molecule has 4 heteroatoms. The quantitative estimate of drug-likeness (QED) is 0.680. The molecule has 2 rings (SSSR count). The predicted octanol–water partition coefficient (Wildman–Crippen LogP) is 0.783. The third kappa shape index (κ3) is 2.99. The molecule has 17 heavy (non-hydrogen) atoms. The standard InChI is InChI=1S/C13H24N2O2/c14-11-4-3-10(7-11)12(17)15-8-13(9-16)5-1-2-6-13/h10-11,16H,1-9,14H2,(H,15,17). The van der Waals surface area contributed by atoms with Crippen LogP contribution in [0, 0.1) is 11.3 Å². The van der Waals surface area contributed by atoms with E-state index in [-0.39, 0.29) is 29.9 Å². The van der Waals surface area contributed by atoms with Gasteiger partial charge in [0.1, 0.15) is 0 Å². The molecule has 4 nitrogen and oxygen atoms in total. The molecular weight excluding hydrogens is 216 g/mol. The lowest BCUT2D eigenvalue weighted by Crippen LogP contribution is -2.40. The zero-order valence-electron chi connectivity index (χ0n) is 10.5. The molecule has 2 unspecified atom stereocenters. The summed E-state index contributed by atoms with van der Waals surface area (Å²) in [4.78, 5) is 12.0. The van der Waals surface area contributed by atoms with E-state index in [1.165, 1.54) is 12.8 Å². The van der Waals surface area contributed by atoms with Gasteiger partial charge in [-0.05, 0) is 32.1 Å². The van der Waals surface area contributed by atoms with Crippen LogP contribution in [0.4, 0.5) is 0 Å². The van der Waals surface area contributed by atoms with Crippen LogP contribution in [0.1, 0.15) is 44.9 Å². The van der Waals surface area contributed by atoms with Crippen LogP contribution in [-0.4, -0.2) is 30.2 Å². The van der Waals surface area contributed by atoms with Gasteiger partial charge in [-0.2, -0.15) is 0 Å². The summed E-state index contributed by atoms with van der Waals surface area (Å²) in [6.45, 7) is 0.825. The van der Waals surface area contributed by atoms with E-state index in [1.54, 1.807) is 0 Å². The molecule has 1 amide bonds. The number of carbonyl (C=O) groups is 1. The van der Waals surface area contributed by atoms with Gasteiger partial charge >= 0.3 is 0 Å². The third-order valence-electron chi connectivity index (χ3n) is 4.48. The zero-order chi connectivity index (χ0) is 12.3. The average Bonchev–Trinajstić information content (AvgIpc) is 2.95. The van der Waals surface area contributed by atoms with E-state index < -0.39 is 0 Å². The maximum absolute atomic E-state index is 12.0. The van der Waals surface area contributed by atoms with Crippen LogP contribution in [0.25, 0.3) is 0 Å². The summed E-state index contributed by atoms with van der Waals surface area (Å²) in [5.41, 5.74) is 5.77. The van der Waals surface area contributed by atoms with Crippen molar-refractivity contribution in [1.29, 1.82) is 0 Å². The fourth-order valence-electron chi connectivity index (χ4n) is 3.19.